The molecule has 1 aliphatic heterocycles. The summed E-state index contributed by atoms with van der Waals surface area (Å²) in [4.78, 5) is 12.9. The fraction of sp³-hybridized carbons (Fsp3) is 0.650. The second-order valence-corrected chi connectivity index (χ2v) is 8.38. The third kappa shape index (κ3) is 3.57. The van der Waals surface area contributed by atoms with Crippen molar-refractivity contribution in [3.8, 4) is 0 Å². The summed E-state index contributed by atoms with van der Waals surface area (Å²) < 4.78 is 5.89. The van der Waals surface area contributed by atoms with Gasteiger partial charge in [-0.1, -0.05) is 30.2 Å². The van der Waals surface area contributed by atoms with Gasteiger partial charge in [0.05, 0.1) is 6.04 Å². The molecule has 4 atom stereocenters. The number of amides is 1. The number of benzene rings is 1. The number of halogens is 1. The standard InChI is InChI=1S/C20H27ClN2O2/c21-16-6-4-12(5-7-16)19-17(8-9-25-19)23-20(24)15-10-13-2-1-3-14(11-15)18(13)22/h4-7,13-15,17-19H,1-3,8-11,22H2,(H,23,24). The normalized spacial score (nSPS) is 37.7. The van der Waals surface area contributed by atoms with Gasteiger partial charge in [0, 0.05) is 23.6 Å². The minimum absolute atomic E-state index is 0.0455. The van der Waals surface area contributed by atoms with Crippen molar-refractivity contribution < 1.29 is 9.53 Å². The Kier molecular flexibility index (Phi) is 5.03. The zero-order valence-corrected chi connectivity index (χ0v) is 15.3. The van der Waals surface area contributed by atoms with Gasteiger partial charge in [0.25, 0.3) is 0 Å². The van der Waals surface area contributed by atoms with Crippen LogP contribution < -0.4 is 11.1 Å². The van der Waals surface area contributed by atoms with Gasteiger partial charge in [0.1, 0.15) is 6.10 Å². The maximum absolute atomic E-state index is 12.9. The number of hydrogen-bond acceptors (Lipinski definition) is 3. The van der Waals surface area contributed by atoms with Crippen LogP contribution in [0, 0.1) is 17.8 Å². The number of carbonyl (C=O) groups is 1. The molecule has 5 heteroatoms. The molecule has 3 N–H and O–H groups in total. The van der Waals surface area contributed by atoms with Crippen LogP contribution in [0.4, 0.5) is 0 Å². The zero-order chi connectivity index (χ0) is 17.4. The van der Waals surface area contributed by atoms with Gasteiger partial charge in [0.2, 0.25) is 5.91 Å². The molecule has 4 unspecified atom stereocenters. The first kappa shape index (κ1) is 17.3. The van der Waals surface area contributed by atoms with Crippen LogP contribution >= 0.6 is 11.6 Å². The Morgan fingerprint density at radius 2 is 1.80 bits per heavy atom. The Hall–Kier alpha value is -1.10. The quantitative estimate of drug-likeness (QED) is 0.865. The van der Waals surface area contributed by atoms with Gasteiger partial charge in [-0.05, 0) is 61.6 Å². The molecule has 1 heterocycles. The highest BCUT2D eigenvalue weighted by Crippen LogP contribution is 2.42. The van der Waals surface area contributed by atoms with Crippen molar-refractivity contribution in [3.63, 3.8) is 0 Å². The highest BCUT2D eigenvalue weighted by Gasteiger charge is 2.41. The van der Waals surface area contributed by atoms with Crippen LogP contribution in [0.1, 0.15) is 50.2 Å². The van der Waals surface area contributed by atoms with Crippen molar-refractivity contribution in [1.29, 1.82) is 0 Å². The van der Waals surface area contributed by atoms with Gasteiger partial charge < -0.3 is 15.8 Å². The third-order valence-electron chi connectivity index (χ3n) is 6.40. The van der Waals surface area contributed by atoms with E-state index in [1.807, 2.05) is 24.3 Å². The molecule has 4 nitrogen and oxygen atoms in total. The molecule has 1 aromatic carbocycles. The van der Waals surface area contributed by atoms with Crippen LogP contribution in [-0.4, -0.2) is 24.6 Å². The molecule has 2 saturated carbocycles. The summed E-state index contributed by atoms with van der Waals surface area (Å²) in [6, 6.07) is 8.07. The summed E-state index contributed by atoms with van der Waals surface area (Å²) in [5.41, 5.74) is 7.44. The van der Waals surface area contributed by atoms with Crippen molar-refractivity contribution in [1.82, 2.24) is 5.32 Å². The smallest absolute Gasteiger partial charge is 0.223 e. The van der Waals surface area contributed by atoms with Crippen LogP contribution in [0.2, 0.25) is 5.02 Å². The van der Waals surface area contributed by atoms with E-state index in [0.717, 1.165) is 24.8 Å². The molecule has 2 bridgehead atoms. The summed E-state index contributed by atoms with van der Waals surface area (Å²) in [7, 11) is 0. The van der Waals surface area contributed by atoms with Crippen molar-refractivity contribution >= 4 is 17.5 Å². The monoisotopic (exact) mass is 362 g/mol. The van der Waals surface area contributed by atoms with Gasteiger partial charge >= 0.3 is 0 Å². The first-order valence-electron chi connectivity index (χ1n) is 9.55. The maximum Gasteiger partial charge on any atom is 0.223 e. The summed E-state index contributed by atoms with van der Waals surface area (Å²) in [6.45, 7) is 0.680. The van der Waals surface area contributed by atoms with Gasteiger partial charge in [-0.3, -0.25) is 4.79 Å². The van der Waals surface area contributed by atoms with Gasteiger partial charge in [0.15, 0.2) is 0 Å². The molecule has 136 valence electrons. The van der Waals surface area contributed by atoms with Crippen molar-refractivity contribution in [2.24, 2.45) is 23.5 Å². The lowest BCUT2D eigenvalue weighted by molar-refractivity contribution is -0.129. The van der Waals surface area contributed by atoms with Crippen molar-refractivity contribution in [3.05, 3.63) is 34.9 Å². The van der Waals surface area contributed by atoms with Crippen LogP contribution in [0.3, 0.4) is 0 Å². The van der Waals surface area contributed by atoms with Gasteiger partial charge in [-0.2, -0.15) is 0 Å². The maximum atomic E-state index is 12.9. The van der Waals surface area contributed by atoms with Crippen LogP contribution in [0.5, 0.6) is 0 Å². The van der Waals surface area contributed by atoms with E-state index in [2.05, 4.69) is 5.32 Å². The molecular weight excluding hydrogens is 336 g/mol. The largest absolute Gasteiger partial charge is 0.371 e. The lowest BCUT2D eigenvalue weighted by atomic mass is 9.65. The minimum Gasteiger partial charge on any atom is -0.371 e. The average molecular weight is 363 g/mol. The highest BCUT2D eigenvalue weighted by molar-refractivity contribution is 6.30. The fourth-order valence-corrected chi connectivity index (χ4v) is 5.15. The summed E-state index contributed by atoms with van der Waals surface area (Å²) in [5.74, 6) is 1.35. The van der Waals surface area contributed by atoms with E-state index in [0.29, 0.717) is 29.5 Å². The molecule has 25 heavy (non-hydrogen) atoms. The van der Waals surface area contributed by atoms with Gasteiger partial charge in [-0.25, -0.2) is 0 Å². The molecule has 0 spiro atoms. The average Bonchev–Trinajstić information content (AvgIpc) is 3.03. The van der Waals surface area contributed by atoms with E-state index in [1.54, 1.807) is 0 Å². The number of fused-ring (bicyclic) bond motifs is 2. The molecule has 4 rings (SSSR count). The number of nitrogens with two attached hydrogens (primary N) is 1. The Morgan fingerprint density at radius 1 is 1.12 bits per heavy atom. The molecule has 2 aliphatic carbocycles. The van der Waals surface area contributed by atoms with Crippen LogP contribution in [0.25, 0.3) is 0 Å². The van der Waals surface area contributed by atoms with Crippen LogP contribution in [0.15, 0.2) is 24.3 Å². The lowest BCUT2D eigenvalue weighted by Gasteiger charge is -2.43. The second-order valence-electron chi connectivity index (χ2n) is 7.94. The predicted molar refractivity (Wildman–Crippen MR) is 98.2 cm³/mol. The molecule has 3 fully saturated rings. The first-order valence-corrected chi connectivity index (χ1v) is 9.92. The number of carbonyl (C=O) groups excluding carboxylic acids is 1. The summed E-state index contributed by atoms with van der Waals surface area (Å²) >= 11 is 5.98. The van der Waals surface area contributed by atoms with E-state index in [9.17, 15) is 4.79 Å². The van der Waals surface area contributed by atoms with Crippen LogP contribution in [-0.2, 0) is 9.53 Å². The number of ether oxygens (including phenoxy) is 1. The predicted octanol–water partition coefficient (Wildman–Crippen LogP) is 3.44. The summed E-state index contributed by atoms with van der Waals surface area (Å²) in [6.07, 6.45) is 6.31. The minimum atomic E-state index is -0.0773. The van der Waals surface area contributed by atoms with Gasteiger partial charge in [-0.15, -0.1) is 0 Å². The Labute approximate surface area is 154 Å². The Balaban J connectivity index is 1.41. The molecule has 1 aromatic rings. The van der Waals surface area contributed by atoms with E-state index >= 15 is 0 Å². The Morgan fingerprint density at radius 3 is 2.48 bits per heavy atom. The molecule has 0 radical (unpaired) electrons. The molecular formula is C20H27ClN2O2. The molecule has 1 amide bonds. The molecule has 3 aliphatic rings. The third-order valence-corrected chi connectivity index (χ3v) is 6.65. The van der Waals surface area contributed by atoms with Crippen molar-refractivity contribution in [2.75, 3.05) is 6.61 Å². The Bertz CT molecular complexity index is 607. The SMILES string of the molecule is NC1C2CCCC1CC(C(=O)NC1CCOC1c1ccc(Cl)cc1)C2. The lowest BCUT2D eigenvalue weighted by Crippen LogP contribution is -2.50. The number of hydrogen-bond donors (Lipinski definition) is 2. The number of nitrogens with one attached hydrogen (secondary N) is 1. The van der Waals surface area contributed by atoms with E-state index in [1.165, 1.54) is 19.3 Å². The molecule has 1 saturated heterocycles. The fourth-order valence-electron chi connectivity index (χ4n) is 5.02. The number of rotatable bonds is 3. The molecule has 0 aromatic heterocycles. The summed E-state index contributed by atoms with van der Waals surface area (Å²) in [5, 5.41) is 3.99. The van der Waals surface area contributed by atoms with E-state index in [4.69, 9.17) is 22.1 Å². The second kappa shape index (κ2) is 7.26. The van der Waals surface area contributed by atoms with Crippen molar-refractivity contribution in [2.45, 2.75) is 56.7 Å². The topological polar surface area (TPSA) is 64.4 Å². The van der Waals surface area contributed by atoms with E-state index in [-0.39, 0.29) is 24.0 Å². The first-order chi connectivity index (χ1) is 12.1. The van der Waals surface area contributed by atoms with E-state index < -0.39 is 0 Å². The zero-order valence-electron chi connectivity index (χ0n) is 14.5. The highest BCUT2D eigenvalue weighted by atomic mass is 35.5.